The SMILES string of the molecule is CCC(O)CC1(O)OC(=O)O1. The number of carbonyl (C=O) groups is 1. The number of rotatable bonds is 3. The van der Waals surface area contributed by atoms with Crippen molar-refractivity contribution in [2.45, 2.75) is 31.8 Å². The zero-order valence-corrected chi connectivity index (χ0v) is 6.11. The molecule has 1 heterocycles. The number of hydrogen-bond acceptors (Lipinski definition) is 5. The Morgan fingerprint density at radius 1 is 1.64 bits per heavy atom. The van der Waals surface area contributed by atoms with Gasteiger partial charge in [-0.05, 0) is 6.42 Å². The topological polar surface area (TPSA) is 76.0 Å². The molecule has 0 bridgehead atoms. The van der Waals surface area contributed by atoms with Crippen LogP contribution in [0.1, 0.15) is 19.8 Å². The molecule has 5 nitrogen and oxygen atoms in total. The molecule has 0 saturated carbocycles. The Balaban J connectivity index is 2.31. The maximum absolute atomic E-state index is 10.1. The molecule has 11 heavy (non-hydrogen) atoms. The third kappa shape index (κ3) is 1.81. The minimum atomic E-state index is -1.88. The van der Waals surface area contributed by atoms with Crippen LogP contribution in [0.5, 0.6) is 0 Å². The van der Waals surface area contributed by atoms with E-state index in [4.69, 9.17) is 10.2 Å². The molecule has 1 rings (SSSR count). The van der Waals surface area contributed by atoms with Gasteiger partial charge in [0.15, 0.2) is 0 Å². The van der Waals surface area contributed by atoms with Crippen LogP contribution < -0.4 is 0 Å². The van der Waals surface area contributed by atoms with Crippen LogP contribution in [0.3, 0.4) is 0 Å². The van der Waals surface area contributed by atoms with Crippen molar-refractivity contribution in [3.63, 3.8) is 0 Å². The van der Waals surface area contributed by atoms with Crippen LogP contribution in [0.2, 0.25) is 0 Å². The van der Waals surface area contributed by atoms with Crippen LogP contribution >= 0.6 is 0 Å². The van der Waals surface area contributed by atoms with Gasteiger partial charge in [0.25, 0.3) is 0 Å². The number of aliphatic hydroxyl groups excluding tert-OH is 1. The lowest BCUT2D eigenvalue weighted by molar-refractivity contribution is -0.393. The number of ether oxygens (including phenoxy) is 2. The van der Waals surface area contributed by atoms with Crippen molar-refractivity contribution in [2.24, 2.45) is 0 Å². The fraction of sp³-hybridized carbons (Fsp3) is 0.833. The van der Waals surface area contributed by atoms with Gasteiger partial charge >= 0.3 is 12.1 Å². The van der Waals surface area contributed by atoms with E-state index in [0.29, 0.717) is 6.42 Å². The van der Waals surface area contributed by atoms with Gasteiger partial charge in [-0.15, -0.1) is 0 Å². The van der Waals surface area contributed by atoms with Gasteiger partial charge in [-0.1, -0.05) is 6.92 Å². The molecule has 64 valence electrons. The number of carbonyl (C=O) groups excluding carboxylic acids is 1. The summed E-state index contributed by atoms with van der Waals surface area (Å²) in [5.41, 5.74) is 0. The number of aliphatic hydroxyl groups is 2. The monoisotopic (exact) mass is 162 g/mol. The van der Waals surface area contributed by atoms with Crippen LogP contribution in [0.4, 0.5) is 4.79 Å². The molecule has 0 aliphatic carbocycles. The van der Waals surface area contributed by atoms with Crippen molar-refractivity contribution in [1.29, 1.82) is 0 Å². The summed E-state index contributed by atoms with van der Waals surface area (Å²) in [5.74, 6) is -1.88. The zero-order valence-electron chi connectivity index (χ0n) is 6.11. The Morgan fingerprint density at radius 2 is 2.18 bits per heavy atom. The summed E-state index contributed by atoms with van der Waals surface area (Å²) in [5, 5.41) is 18.1. The number of hydrogen-bond donors (Lipinski definition) is 2. The molecule has 0 amide bonds. The van der Waals surface area contributed by atoms with Gasteiger partial charge in [0.1, 0.15) is 0 Å². The van der Waals surface area contributed by atoms with Crippen molar-refractivity contribution in [3.05, 3.63) is 0 Å². The van der Waals surface area contributed by atoms with Crippen LogP contribution in [0, 0.1) is 0 Å². The predicted molar refractivity (Wildman–Crippen MR) is 33.4 cm³/mol. The van der Waals surface area contributed by atoms with E-state index < -0.39 is 18.2 Å². The van der Waals surface area contributed by atoms with Crippen molar-refractivity contribution < 1.29 is 24.5 Å². The van der Waals surface area contributed by atoms with E-state index in [1.54, 1.807) is 6.92 Å². The Labute approximate surface area is 63.5 Å². The highest BCUT2D eigenvalue weighted by Crippen LogP contribution is 2.27. The van der Waals surface area contributed by atoms with Crippen LogP contribution in [-0.2, 0) is 9.47 Å². The Bertz CT molecular complexity index is 158. The molecular formula is C6H10O5. The molecule has 0 spiro atoms. The van der Waals surface area contributed by atoms with Crippen LogP contribution in [0.25, 0.3) is 0 Å². The second-order valence-corrected chi connectivity index (χ2v) is 2.43. The first-order valence-corrected chi connectivity index (χ1v) is 3.38. The summed E-state index contributed by atoms with van der Waals surface area (Å²) >= 11 is 0. The zero-order chi connectivity index (χ0) is 8.48. The first kappa shape index (κ1) is 8.29. The molecule has 5 heteroatoms. The van der Waals surface area contributed by atoms with Crippen LogP contribution in [-0.4, -0.2) is 28.4 Å². The summed E-state index contributed by atoms with van der Waals surface area (Å²) in [6, 6.07) is 0. The second-order valence-electron chi connectivity index (χ2n) is 2.43. The fourth-order valence-electron chi connectivity index (χ4n) is 0.794. The molecule has 0 aromatic rings. The summed E-state index contributed by atoms with van der Waals surface area (Å²) in [6.45, 7) is 1.74. The summed E-state index contributed by atoms with van der Waals surface area (Å²) in [4.78, 5) is 10.1. The highest BCUT2D eigenvalue weighted by molar-refractivity contribution is 5.64. The molecule has 1 atom stereocenters. The van der Waals surface area contributed by atoms with E-state index in [1.165, 1.54) is 0 Å². The minimum Gasteiger partial charge on any atom is -0.393 e. The lowest BCUT2D eigenvalue weighted by Gasteiger charge is -2.34. The molecule has 0 radical (unpaired) electrons. The van der Waals surface area contributed by atoms with Crippen molar-refractivity contribution in [1.82, 2.24) is 0 Å². The van der Waals surface area contributed by atoms with E-state index in [0.717, 1.165) is 0 Å². The molecule has 2 N–H and O–H groups in total. The Morgan fingerprint density at radius 3 is 2.55 bits per heavy atom. The maximum atomic E-state index is 10.1. The van der Waals surface area contributed by atoms with Crippen molar-refractivity contribution in [2.75, 3.05) is 0 Å². The third-order valence-corrected chi connectivity index (χ3v) is 1.45. The minimum absolute atomic E-state index is 0.102. The molecule has 0 aromatic carbocycles. The van der Waals surface area contributed by atoms with Crippen LogP contribution in [0.15, 0.2) is 0 Å². The predicted octanol–water partition coefficient (Wildman–Crippen LogP) is -0.0397. The van der Waals surface area contributed by atoms with E-state index in [1.807, 2.05) is 0 Å². The van der Waals surface area contributed by atoms with E-state index in [-0.39, 0.29) is 6.42 Å². The fourth-order valence-corrected chi connectivity index (χ4v) is 0.794. The molecule has 1 saturated heterocycles. The first-order valence-electron chi connectivity index (χ1n) is 3.38. The largest absolute Gasteiger partial charge is 0.518 e. The van der Waals surface area contributed by atoms with Gasteiger partial charge in [0.2, 0.25) is 0 Å². The molecular weight excluding hydrogens is 152 g/mol. The Hall–Kier alpha value is -0.810. The summed E-state index contributed by atoms with van der Waals surface area (Å²) < 4.78 is 8.47. The molecule has 1 fully saturated rings. The molecule has 1 aliphatic heterocycles. The summed E-state index contributed by atoms with van der Waals surface area (Å²) in [7, 11) is 0. The number of cyclic esters (lactones) is 2. The Kier molecular flexibility index (Phi) is 2.01. The highest BCUT2D eigenvalue weighted by atomic mass is 17.0. The molecule has 1 aliphatic rings. The molecule has 1 unspecified atom stereocenters. The summed E-state index contributed by atoms with van der Waals surface area (Å²) in [6.07, 6.45) is -1.25. The second kappa shape index (κ2) is 2.67. The van der Waals surface area contributed by atoms with E-state index in [2.05, 4.69) is 9.47 Å². The van der Waals surface area contributed by atoms with Gasteiger partial charge in [-0.3, -0.25) is 0 Å². The van der Waals surface area contributed by atoms with Gasteiger partial charge in [0.05, 0.1) is 12.5 Å². The van der Waals surface area contributed by atoms with Gasteiger partial charge in [-0.2, -0.15) is 0 Å². The maximum Gasteiger partial charge on any atom is 0.518 e. The lowest BCUT2D eigenvalue weighted by atomic mass is 10.2. The molecule has 0 aromatic heterocycles. The first-order chi connectivity index (χ1) is 5.06. The van der Waals surface area contributed by atoms with E-state index in [9.17, 15) is 4.79 Å². The van der Waals surface area contributed by atoms with Crippen molar-refractivity contribution in [3.8, 4) is 0 Å². The average Bonchev–Trinajstić information content (AvgIpc) is 1.84. The lowest BCUT2D eigenvalue weighted by Crippen LogP contribution is -2.51. The average molecular weight is 162 g/mol. The standard InChI is InChI=1S/C6H10O5/c1-2-4(7)3-6(9)10-5(8)11-6/h4,7,9H,2-3H2,1H3. The van der Waals surface area contributed by atoms with Gasteiger partial charge < -0.3 is 19.7 Å². The highest BCUT2D eigenvalue weighted by Gasteiger charge is 2.48. The van der Waals surface area contributed by atoms with E-state index >= 15 is 0 Å². The van der Waals surface area contributed by atoms with Gasteiger partial charge in [0, 0.05) is 0 Å². The van der Waals surface area contributed by atoms with Crippen molar-refractivity contribution >= 4 is 6.16 Å². The quantitative estimate of drug-likeness (QED) is 0.569. The van der Waals surface area contributed by atoms with Gasteiger partial charge in [-0.25, -0.2) is 4.79 Å². The smallest absolute Gasteiger partial charge is 0.393 e. The normalized spacial score (nSPS) is 23.0. The third-order valence-electron chi connectivity index (χ3n) is 1.45.